The Bertz CT molecular complexity index is 1010. The molecule has 1 saturated heterocycles. The van der Waals surface area contributed by atoms with E-state index in [1.165, 1.54) is 6.21 Å². The Morgan fingerprint density at radius 3 is 2.32 bits per heavy atom. The first kappa shape index (κ1) is 17.7. The number of hydrazone groups is 1. The summed E-state index contributed by atoms with van der Waals surface area (Å²) in [5.74, 6) is 0.270. The maximum absolute atomic E-state index is 12.8. The van der Waals surface area contributed by atoms with E-state index in [1.807, 2.05) is 0 Å². The van der Waals surface area contributed by atoms with Gasteiger partial charge < -0.3 is 4.42 Å². The van der Waals surface area contributed by atoms with E-state index in [2.05, 4.69) is 17.3 Å². The molecule has 7 heteroatoms. The number of imide groups is 1. The second kappa shape index (κ2) is 6.61. The second-order valence-electron chi connectivity index (χ2n) is 7.38. The quantitative estimate of drug-likeness (QED) is 0.412. The molecule has 1 saturated carbocycles. The van der Waals surface area contributed by atoms with Crippen LogP contribution < -0.4 is 0 Å². The zero-order valence-electron chi connectivity index (χ0n) is 14.7. The van der Waals surface area contributed by atoms with E-state index in [9.17, 15) is 9.59 Å². The molecule has 1 aromatic carbocycles. The van der Waals surface area contributed by atoms with Gasteiger partial charge in [-0.1, -0.05) is 41.4 Å². The number of rotatable bonds is 3. The predicted molar refractivity (Wildman–Crippen MR) is 106 cm³/mol. The molecule has 28 heavy (non-hydrogen) atoms. The van der Waals surface area contributed by atoms with E-state index in [4.69, 9.17) is 27.6 Å². The van der Waals surface area contributed by atoms with Crippen LogP contribution >= 0.6 is 23.2 Å². The first-order chi connectivity index (χ1) is 13.5. The average molecular weight is 415 g/mol. The highest BCUT2D eigenvalue weighted by molar-refractivity contribution is 6.43. The third-order valence-corrected chi connectivity index (χ3v) is 6.70. The third kappa shape index (κ3) is 2.65. The van der Waals surface area contributed by atoms with Gasteiger partial charge in [0, 0.05) is 5.56 Å². The number of benzene rings is 1. The molecule has 3 aliphatic carbocycles. The van der Waals surface area contributed by atoms with Crippen molar-refractivity contribution in [2.45, 2.75) is 12.8 Å². The maximum atomic E-state index is 12.8. The van der Waals surface area contributed by atoms with Crippen molar-refractivity contribution in [3.63, 3.8) is 0 Å². The minimum atomic E-state index is -0.272. The van der Waals surface area contributed by atoms with E-state index in [0.717, 1.165) is 17.9 Å². The molecule has 2 amide bonds. The molecule has 4 atom stereocenters. The van der Waals surface area contributed by atoms with Crippen molar-refractivity contribution in [3.05, 3.63) is 58.3 Å². The summed E-state index contributed by atoms with van der Waals surface area (Å²) in [5, 5.41) is 6.00. The standard InChI is InChI=1S/C21H16Cl2N2O3/c22-15-3-1-2-14(19(15)23)16-9-8-13(28-16)10-24-25-20(26)17-11-4-5-12(7-6-11)18(17)21(25)27/h1-5,8-12,17-18H,6-7H2/b24-10-/t11-,12-,17-,18+/m0/s1. The number of furan rings is 1. The Labute approximate surface area is 171 Å². The molecule has 0 N–H and O–H groups in total. The Morgan fingerprint density at radius 1 is 1.00 bits per heavy atom. The number of allylic oxidation sites excluding steroid dienone is 2. The lowest BCUT2D eigenvalue weighted by atomic mass is 9.63. The minimum absolute atomic E-state index is 0.145. The predicted octanol–water partition coefficient (Wildman–Crippen LogP) is 4.78. The molecular weight excluding hydrogens is 399 g/mol. The van der Waals surface area contributed by atoms with E-state index < -0.39 is 0 Å². The van der Waals surface area contributed by atoms with Crippen LogP contribution in [0, 0.1) is 23.7 Å². The zero-order valence-corrected chi connectivity index (χ0v) is 16.2. The fourth-order valence-corrected chi connectivity index (χ4v) is 4.94. The van der Waals surface area contributed by atoms with Gasteiger partial charge in [-0.05, 0) is 48.9 Å². The number of halogens is 2. The number of nitrogens with zero attached hydrogens (tertiary/aromatic N) is 2. The highest BCUT2D eigenvalue weighted by atomic mass is 35.5. The minimum Gasteiger partial charge on any atom is -0.455 e. The molecule has 2 aromatic rings. The van der Waals surface area contributed by atoms with Crippen molar-refractivity contribution in [1.82, 2.24) is 5.01 Å². The van der Waals surface area contributed by atoms with Gasteiger partial charge >= 0.3 is 0 Å². The molecule has 6 rings (SSSR count). The molecule has 0 spiro atoms. The topological polar surface area (TPSA) is 62.9 Å². The van der Waals surface area contributed by atoms with Crippen LogP contribution in [0.4, 0.5) is 0 Å². The average Bonchev–Trinajstić information content (AvgIpc) is 3.28. The number of hydrogen-bond donors (Lipinski definition) is 0. The van der Waals surface area contributed by atoms with Crippen LogP contribution in [0.3, 0.4) is 0 Å². The molecular formula is C21H16Cl2N2O3. The number of hydrogen-bond acceptors (Lipinski definition) is 4. The SMILES string of the molecule is O=C1[C@@H]2[C@H](C(=O)N1/N=C\c1ccc(-c3cccc(Cl)c3Cl)o1)[C@H]1C=C[C@H]2CC1. The van der Waals surface area contributed by atoms with E-state index >= 15 is 0 Å². The van der Waals surface area contributed by atoms with Crippen molar-refractivity contribution < 1.29 is 14.0 Å². The number of amides is 2. The Balaban J connectivity index is 1.39. The summed E-state index contributed by atoms with van der Waals surface area (Å²) < 4.78 is 5.76. The summed E-state index contributed by atoms with van der Waals surface area (Å²) >= 11 is 12.3. The van der Waals surface area contributed by atoms with Gasteiger partial charge in [0.25, 0.3) is 11.8 Å². The summed E-state index contributed by atoms with van der Waals surface area (Å²) in [5.41, 5.74) is 0.663. The molecule has 1 aliphatic heterocycles. The monoisotopic (exact) mass is 414 g/mol. The molecule has 2 bridgehead atoms. The summed E-state index contributed by atoms with van der Waals surface area (Å²) in [6.45, 7) is 0. The molecule has 2 heterocycles. The third-order valence-electron chi connectivity index (χ3n) is 5.88. The number of carbonyl (C=O) groups is 2. The van der Waals surface area contributed by atoms with Crippen molar-refractivity contribution in [3.8, 4) is 11.3 Å². The Kier molecular flexibility index (Phi) is 4.18. The van der Waals surface area contributed by atoms with Gasteiger partial charge in [0.1, 0.15) is 11.5 Å². The second-order valence-corrected chi connectivity index (χ2v) is 8.16. The van der Waals surface area contributed by atoms with Crippen molar-refractivity contribution >= 4 is 41.2 Å². The lowest BCUT2D eigenvalue weighted by Crippen LogP contribution is -2.38. The largest absolute Gasteiger partial charge is 0.455 e. The van der Waals surface area contributed by atoms with Gasteiger partial charge in [0.15, 0.2) is 0 Å². The van der Waals surface area contributed by atoms with Crippen LogP contribution in [-0.4, -0.2) is 23.0 Å². The molecule has 0 unspecified atom stereocenters. The summed E-state index contributed by atoms with van der Waals surface area (Å²) in [4.78, 5) is 25.5. The van der Waals surface area contributed by atoms with E-state index in [0.29, 0.717) is 27.1 Å². The summed E-state index contributed by atoms with van der Waals surface area (Å²) in [6.07, 6.45) is 7.48. The molecule has 1 aromatic heterocycles. The van der Waals surface area contributed by atoms with E-state index in [-0.39, 0.29) is 35.5 Å². The normalized spacial score (nSPS) is 28.6. The van der Waals surface area contributed by atoms with Crippen LogP contribution in [0.5, 0.6) is 0 Å². The number of carbonyl (C=O) groups excluding carboxylic acids is 2. The summed E-state index contributed by atoms with van der Waals surface area (Å²) in [7, 11) is 0. The van der Waals surface area contributed by atoms with Crippen molar-refractivity contribution in [1.29, 1.82) is 0 Å². The smallest absolute Gasteiger partial charge is 0.254 e. The molecule has 0 radical (unpaired) electrons. The molecule has 5 nitrogen and oxygen atoms in total. The molecule has 142 valence electrons. The lowest BCUT2D eigenvalue weighted by Gasteiger charge is -2.37. The van der Waals surface area contributed by atoms with Gasteiger partial charge in [0.2, 0.25) is 0 Å². The molecule has 4 aliphatic rings. The summed E-state index contributed by atoms with van der Waals surface area (Å²) in [6, 6.07) is 8.74. The molecule has 2 fully saturated rings. The van der Waals surface area contributed by atoms with Gasteiger partial charge in [-0.2, -0.15) is 10.1 Å². The first-order valence-corrected chi connectivity index (χ1v) is 9.94. The number of fused-ring (bicyclic) bond motifs is 1. The maximum Gasteiger partial charge on any atom is 0.254 e. The van der Waals surface area contributed by atoms with Crippen LogP contribution in [0.2, 0.25) is 10.0 Å². The van der Waals surface area contributed by atoms with Crippen LogP contribution in [0.1, 0.15) is 18.6 Å². The van der Waals surface area contributed by atoms with E-state index in [1.54, 1.807) is 30.3 Å². The van der Waals surface area contributed by atoms with Crippen molar-refractivity contribution in [2.75, 3.05) is 0 Å². The lowest BCUT2D eigenvalue weighted by molar-refractivity contribution is -0.140. The van der Waals surface area contributed by atoms with Gasteiger partial charge in [0.05, 0.1) is 28.1 Å². The Hall–Kier alpha value is -2.37. The first-order valence-electron chi connectivity index (χ1n) is 9.19. The van der Waals surface area contributed by atoms with Crippen LogP contribution in [0.15, 0.2) is 52.0 Å². The van der Waals surface area contributed by atoms with Crippen molar-refractivity contribution in [2.24, 2.45) is 28.8 Å². The highest BCUT2D eigenvalue weighted by Crippen LogP contribution is 2.49. The Morgan fingerprint density at radius 2 is 1.68 bits per heavy atom. The van der Waals surface area contributed by atoms with Crippen LogP contribution in [-0.2, 0) is 9.59 Å². The fourth-order valence-electron chi connectivity index (χ4n) is 4.55. The van der Waals surface area contributed by atoms with Crippen LogP contribution in [0.25, 0.3) is 11.3 Å². The fraction of sp³-hybridized carbons (Fsp3) is 0.286. The van der Waals surface area contributed by atoms with Gasteiger partial charge in [-0.3, -0.25) is 9.59 Å². The highest BCUT2D eigenvalue weighted by Gasteiger charge is 2.56. The van der Waals surface area contributed by atoms with Gasteiger partial charge in [-0.25, -0.2) is 0 Å². The zero-order chi connectivity index (χ0) is 19.4. The van der Waals surface area contributed by atoms with Gasteiger partial charge in [-0.15, -0.1) is 0 Å².